The van der Waals surface area contributed by atoms with Gasteiger partial charge in [0.2, 0.25) is 0 Å². The molecule has 0 spiro atoms. The summed E-state index contributed by atoms with van der Waals surface area (Å²) in [6.45, 7) is 12.1. The van der Waals surface area contributed by atoms with E-state index >= 15 is 0 Å². The van der Waals surface area contributed by atoms with E-state index in [0.29, 0.717) is 11.3 Å². The van der Waals surface area contributed by atoms with Crippen LogP contribution in [0.3, 0.4) is 0 Å². The van der Waals surface area contributed by atoms with Gasteiger partial charge in [-0.25, -0.2) is 19.3 Å². The summed E-state index contributed by atoms with van der Waals surface area (Å²) in [5.74, 6) is 0.986. The molecule has 0 atom stereocenters. The van der Waals surface area contributed by atoms with Crippen LogP contribution in [0.5, 0.6) is 0 Å². The minimum atomic E-state index is -0.268. The van der Waals surface area contributed by atoms with E-state index in [4.69, 9.17) is 0 Å². The zero-order valence-corrected chi connectivity index (χ0v) is 13.0. The average molecular weight is 275 g/mol. The van der Waals surface area contributed by atoms with Gasteiger partial charge in [-0.1, -0.05) is 41.5 Å². The van der Waals surface area contributed by atoms with Crippen molar-refractivity contribution in [1.29, 1.82) is 0 Å². The van der Waals surface area contributed by atoms with Gasteiger partial charge in [0.15, 0.2) is 5.65 Å². The third-order valence-corrected chi connectivity index (χ3v) is 3.32. The summed E-state index contributed by atoms with van der Waals surface area (Å²) in [5, 5.41) is 0.728. The van der Waals surface area contributed by atoms with E-state index in [0.717, 1.165) is 16.9 Å². The molecular formula is C16H22FN3. The quantitative estimate of drug-likeness (QED) is 0.825. The SMILES string of the molecule is CC(C)c1nc(C(C)C)c2cc(F)c(C(C)C)nc2n1. The van der Waals surface area contributed by atoms with E-state index in [9.17, 15) is 4.39 Å². The Hall–Kier alpha value is -1.58. The van der Waals surface area contributed by atoms with Crippen molar-refractivity contribution >= 4 is 11.0 Å². The van der Waals surface area contributed by atoms with E-state index in [1.54, 1.807) is 0 Å². The van der Waals surface area contributed by atoms with Crippen LogP contribution >= 0.6 is 0 Å². The highest BCUT2D eigenvalue weighted by Gasteiger charge is 2.17. The summed E-state index contributed by atoms with van der Waals surface area (Å²) in [7, 11) is 0. The van der Waals surface area contributed by atoms with E-state index in [1.165, 1.54) is 6.07 Å². The maximum atomic E-state index is 14.2. The lowest BCUT2D eigenvalue weighted by Crippen LogP contribution is -2.08. The van der Waals surface area contributed by atoms with Crippen LogP contribution in [0.1, 0.15) is 76.5 Å². The van der Waals surface area contributed by atoms with Gasteiger partial charge in [-0.2, -0.15) is 0 Å². The van der Waals surface area contributed by atoms with Crippen molar-refractivity contribution in [2.45, 2.75) is 59.3 Å². The van der Waals surface area contributed by atoms with E-state index in [-0.39, 0.29) is 23.6 Å². The van der Waals surface area contributed by atoms with Crippen LogP contribution in [-0.2, 0) is 0 Å². The molecule has 0 aromatic carbocycles. The summed E-state index contributed by atoms with van der Waals surface area (Å²) in [6.07, 6.45) is 0. The molecule has 2 rings (SSSR count). The number of nitrogens with zero attached hydrogens (tertiary/aromatic N) is 3. The van der Waals surface area contributed by atoms with E-state index in [1.807, 2.05) is 13.8 Å². The van der Waals surface area contributed by atoms with Crippen LogP contribution in [0.2, 0.25) is 0 Å². The number of aromatic nitrogens is 3. The lowest BCUT2D eigenvalue weighted by molar-refractivity contribution is 0.587. The largest absolute Gasteiger partial charge is 0.237 e. The first-order valence-corrected chi connectivity index (χ1v) is 7.19. The van der Waals surface area contributed by atoms with Gasteiger partial charge in [-0.05, 0) is 17.9 Å². The Morgan fingerprint density at radius 2 is 1.40 bits per heavy atom. The standard InChI is InChI=1S/C16H22FN3/c1-8(2)13-11-7-12(17)14(9(3)4)19-16(11)20-15(18-13)10(5)6/h7-10H,1-6H3. The van der Waals surface area contributed by atoms with Crippen LogP contribution in [-0.4, -0.2) is 15.0 Å². The maximum absolute atomic E-state index is 14.2. The monoisotopic (exact) mass is 275 g/mol. The van der Waals surface area contributed by atoms with Gasteiger partial charge in [-0.3, -0.25) is 0 Å². The van der Waals surface area contributed by atoms with Gasteiger partial charge in [0.25, 0.3) is 0 Å². The van der Waals surface area contributed by atoms with Crippen LogP contribution in [0, 0.1) is 5.82 Å². The van der Waals surface area contributed by atoms with Crippen molar-refractivity contribution in [2.24, 2.45) is 0 Å². The topological polar surface area (TPSA) is 38.7 Å². The molecule has 0 aliphatic rings. The van der Waals surface area contributed by atoms with Crippen molar-refractivity contribution in [1.82, 2.24) is 15.0 Å². The molecule has 2 aromatic rings. The van der Waals surface area contributed by atoms with Crippen molar-refractivity contribution < 1.29 is 4.39 Å². The molecule has 0 radical (unpaired) electrons. The van der Waals surface area contributed by atoms with Crippen LogP contribution in [0.4, 0.5) is 4.39 Å². The molecule has 0 N–H and O–H groups in total. The van der Waals surface area contributed by atoms with Gasteiger partial charge >= 0.3 is 0 Å². The second-order valence-electron chi connectivity index (χ2n) is 6.16. The lowest BCUT2D eigenvalue weighted by atomic mass is 10.0. The minimum Gasteiger partial charge on any atom is -0.237 e. The Morgan fingerprint density at radius 1 is 0.800 bits per heavy atom. The normalized spacial score (nSPS) is 12.1. The van der Waals surface area contributed by atoms with E-state index in [2.05, 4.69) is 42.6 Å². The summed E-state index contributed by atoms with van der Waals surface area (Å²) in [6, 6.07) is 1.54. The van der Waals surface area contributed by atoms with E-state index < -0.39 is 0 Å². The lowest BCUT2D eigenvalue weighted by Gasteiger charge is -2.14. The molecular weight excluding hydrogens is 253 g/mol. The number of fused-ring (bicyclic) bond motifs is 1. The summed E-state index contributed by atoms with van der Waals surface area (Å²) in [4.78, 5) is 13.5. The summed E-state index contributed by atoms with van der Waals surface area (Å²) in [5.41, 5.74) is 1.96. The highest BCUT2D eigenvalue weighted by Crippen LogP contribution is 2.27. The number of hydrogen-bond acceptors (Lipinski definition) is 3. The predicted molar refractivity (Wildman–Crippen MR) is 79.6 cm³/mol. The molecule has 0 fully saturated rings. The van der Waals surface area contributed by atoms with Crippen molar-refractivity contribution in [3.63, 3.8) is 0 Å². The third-order valence-electron chi connectivity index (χ3n) is 3.32. The van der Waals surface area contributed by atoms with Gasteiger partial charge in [0.1, 0.15) is 11.6 Å². The number of hydrogen-bond donors (Lipinski definition) is 0. The first-order valence-electron chi connectivity index (χ1n) is 7.19. The van der Waals surface area contributed by atoms with Crippen molar-refractivity contribution in [3.05, 3.63) is 29.1 Å². The van der Waals surface area contributed by atoms with Crippen molar-refractivity contribution in [2.75, 3.05) is 0 Å². The molecule has 0 saturated carbocycles. The smallest absolute Gasteiger partial charge is 0.163 e. The Morgan fingerprint density at radius 3 is 1.90 bits per heavy atom. The zero-order valence-electron chi connectivity index (χ0n) is 13.0. The van der Waals surface area contributed by atoms with Crippen molar-refractivity contribution in [3.8, 4) is 0 Å². The molecule has 0 bridgehead atoms. The third kappa shape index (κ3) is 2.65. The first-order chi connectivity index (χ1) is 9.31. The second kappa shape index (κ2) is 5.43. The minimum absolute atomic E-state index is 0.0411. The molecule has 0 aliphatic carbocycles. The Bertz CT molecular complexity index is 633. The van der Waals surface area contributed by atoms with Crippen LogP contribution in [0.15, 0.2) is 6.07 Å². The maximum Gasteiger partial charge on any atom is 0.163 e. The summed E-state index contributed by atoms with van der Waals surface area (Å²) < 4.78 is 14.2. The number of rotatable bonds is 3. The molecule has 0 saturated heterocycles. The molecule has 4 heteroatoms. The highest BCUT2D eigenvalue weighted by molar-refractivity contribution is 5.78. The molecule has 0 aliphatic heterocycles. The van der Waals surface area contributed by atoms with Crippen LogP contribution < -0.4 is 0 Å². The van der Waals surface area contributed by atoms with Gasteiger partial charge < -0.3 is 0 Å². The van der Waals surface area contributed by atoms with Crippen LogP contribution in [0.25, 0.3) is 11.0 Å². The molecule has 0 amide bonds. The van der Waals surface area contributed by atoms with Gasteiger partial charge in [-0.15, -0.1) is 0 Å². The molecule has 2 heterocycles. The summed E-state index contributed by atoms with van der Waals surface area (Å²) >= 11 is 0. The molecule has 3 nitrogen and oxygen atoms in total. The zero-order chi connectivity index (χ0) is 15.0. The fourth-order valence-electron chi connectivity index (χ4n) is 2.19. The van der Waals surface area contributed by atoms with Gasteiger partial charge in [0, 0.05) is 11.3 Å². The van der Waals surface area contributed by atoms with Gasteiger partial charge in [0.05, 0.1) is 11.4 Å². The fourth-order valence-corrected chi connectivity index (χ4v) is 2.19. The molecule has 0 unspecified atom stereocenters. The second-order valence-corrected chi connectivity index (χ2v) is 6.16. The molecule has 2 aromatic heterocycles. The molecule has 20 heavy (non-hydrogen) atoms. The highest BCUT2D eigenvalue weighted by atomic mass is 19.1. The molecule has 108 valence electrons. The predicted octanol–water partition coefficient (Wildman–Crippen LogP) is 4.53. The number of halogens is 1. The Balaban J connectivity index is 2.80. The first kappa shape index (κ1) is 14.8. The average Bonchev–Trinajstić information content (AvgIpc) is 2.36. The number of pyridine rings is 1. The Labute approximate surface area is 119 Å². The Kier molecular flexibility index (Phi) is 4.02. The fraction of sp³-hybridized carbons (Fsp3) is 0.562.